The Morgan fingerprint density at radius 1 is 0.700 bits per heavy atom. The van der Waals surface area contributed by atoms with Gasteiger partial charge >= 0.3 is 0 Å². The molecule has 1 aromatic carbocycles. The molecule has 0 aliphatic carbocycles. The SMILES string of the molecule is CCCCCCCCCCCCCCCCCCCC(=O)n1nnc2ccccc21. The summed E-state index contributed by atoms with van der Waals surface area (Å²) >= 11 is 0. The second-order valence-corrected chi connectivity index (χ2v) is 8.79. The Morgan fingerprint density at radius 3 is 1.70 bits per heavy atom. The van der Waals surface area contributed by atoms with Crippen LogP contribution in [0.5, 0.6) is 0 Å². The van der Waals surface area contributed by atoms with Crippen LogP contribution in [0.3, 0.4) is 0 Å². The number of nitrogens with zero attached hydrogens (tertiary/aromatic N) is 3. The van der Waals surface area contributed by atoms with Crippen LogP contribution in [0.4, 0.5) is 0 Å². The van der Waals surface area contributed by atoms with Crippen molar-refractivity contribution < 1.29 is 4.79 Å². The zero-order valence-corrected chi connectivity index (χ0v) is 19.3. The molecule has 0 amide bonds. The molecule has 0 aliphatic rings. The van der Waals surface area contributed by atoms with Gasteiger partial charge in [0.05, 0.1) is 5.52 Å². The number of para-hydroxylation sites is 1. The molecule has 0 unspecified atom stereocenters. The zero-order valence-electron chi connectivity index (χ0n) is 19.3. The molecule has 1 aromatic heterocycles. The van der Waals surface area contributed by atoms with Crippen LogP contribution in [-0.4, -0.2) is 20.9 Å². The van der Waals surface area contributed by atoms with Crippen LogP contribution in [0, 0.1) is 0 Å². The molecule has 4 nitrogen and oxygen atoms in total. The molecule has 0 saturated carbocycles. The van der Waals surface area contributed by atoms with E-state index in [9.17, 15) is 4.79 Å². The van der Waals surface area contributed by atoms with Gasteiger partial charge in [-0.3, -0.25) is 4.79 Å². The van der Waals surface area contributed by atoms with E-state index in [1.54, 1.807) is 0 Å². The van der Waals surface area contributed by atoms with Gasteiger partial charge in [0.25, 0.3) is 0 Å². The molecule has 0 spiro atoms. The third-order valence-electron chi connectivity index (χ3n) is 6.08. The first-order chi connectivity index (χ1) is 14.8. The summed E-state index contributed by atoms with van der Waals surface area (Å²) in [4.78, 5) is 12.3. The Hall–Kier alpha value is -1.71. The molecule has 30 heavy (non-hydrogen) atoms. The largest absolute Gasteiger partial charge is 0.273 e. The second kappa shape index (κ2) is 16.0. The van der Waals surface area contributed by atoms with E-state index in [0.717, 1.165) is 23.9 Å². The number of unbranched alkanes of at least 4 members (excludes halogenated alkanes) is 16. The monoisotopic (exact) mass is 413 g/mol. The van der Waals surface area contributed by atoms with E-state index in [-0.39, 0.29) is 5.91 Å². The molecule has 0 N–H and O–H groups in total. The van der Waals surface area contributed by atoms with E-state index in [1.807, 2.05) is 24.3 Å². The van der Waals surface area contributed by atoms with Crippen molar-refractivity contribution in [1.29, 1.82) is 0 Å². The molecule has 0 radical (unpaired) electrons. The van der Waals surface area contributed by atoms with Crippen molar-refractivity contribution >= 4 is 16.9 Å². The molecule has 168 valence electrons. The fourth-order valence-electron chi connectivity index (χ4n) is 4.16. The van der Waals surface area contributed by atoms with E-state index in [1.165, 1.54) is 101 Å². The van der Waals surface area contributed by atoms with Gasteiger partial charge in [-0.2, -0.15) is 4.68 Å². The number of benzene rings is 1. The zero-order chi connectivity index (χ0) is 21.3. The summed E-state index contributed by atoms with van der Waals surface area (Å²) < 4.78 is 1.46. The predicted molar refractivity (Wildman–Crippen MR) is 127 cm³/mol. The summed E-state index contributed by atoms with van der Waals surface area (Å²) in [6.07, 6.45) is 23.6. The average Bonchev–Trinajstić information content (AvgIpc) is 3.20. The average molecular weight is 414 g/mol. The van der Waals surface area contributed by atoms with Crippen molar-refractivity contribution in [3.63, 3.8) is 0 Å². The maximum Gasteiger partial charge on any atom is 0.248 e. The molecule has 0 aliphatic heterocycles. The Bertz CT molecular complexity index is 694. The van der Waals surface area contributed by atoms with Crippen molar-refractivity contribution in [3.8, 4) is 0 Å². The summed E-state index contributed by atoms with van der Waals surface area (Å²) in [5, 5.41) is 8.07. The second-order valence-electron chi connectivity index (χ2n) is 8.79. The fourth-order valence-corrected chi connectivity index (χ4v) is 4.16. The Kier molecular flexibility index (Phi) is 13.1. The predicted octanol–water partition coefficient (Wildman–Crippen LogP) is 8.11. The number of carbonyl (C=O) groups is 1. The van der Waals surface area contributed by atoms with E-state index in [0.29, 0.717) is 6.42 Å². The number of fused-ring (bicyclic) bond motifs is 1. The number of hydrogen-bond donors (Lipinski definition) is 0. The first-order valence-electron chi connectivity index (χ1n) is 12.7. The van der Waals surface area contributed by atoms with Crippen molar-refractivity contribution in [2.75, 3.05) is 0 Å². The minimum absolute atomic E-state index is 0.0599. The molecule has 2 rings (SSSR count). The quantitative estimate of drug-likeness (QED) is 0.232. The van der Waals surface area contributed by atoms with Gasteiger partial charge in [-0.05, 0) is 18.6 Å². The lowest BCUT2D eigenvalue weighted by molar-refractivity contribution is 0.0886. The molecule has 0 atom stereocenters. The van der Waals surface area contributed by atoms with Crippen LogP contribution in [-0.2, 0) is 0 Å². The van der Waals surface area contributed by atoms with Gasteiger partial charge in [-0.25, -0.2) is 0 Å². The summed E-state index contributed by atoms with van der Waals surface area (Å²) in [7, 11) is 0. The molecule has 0 saturated heterocycles. The van der Waals surface area contributed by atoms with Crippen molar-refractivity contribution in [3.05, 3.63) is 24.3 Å². The molecule has 0 fully saturated rings. The molecule has 2 aromatic rings. The molecule has 1 heterocycles. The van der Waals surface area contributed by atoms with Crippen LogP contribution in [0.25, 0.3) is 11.0 Å². The van der Waals surface area contributed by atoms with Crippen LogP contribution in [0.1, 0.15) is 127 Å². The van der Waals surface area contributed by atoms with Gasteiger partial charge in [0, 0.05) is 6.42 Å². The lowest BCUT2D eigenvalue weighted by Crippen LogP contribution is -2.12. The van der Waals surface area contributed by atoms with E-state index in [4.69, 9.17) is 0 Å². The molecule has 4 heteroatoms. The molecule has 0 bridgehead atoms. The van der Waals surface area contributed by atoms with Gasteiger partial charge in [0.15, 0.2) is 0 Å². The topological polar surface area (TPSA) is 47.8 Å². The maximum atomic E-state index is 12.3. The summed E-state index contributed by atoms with van der Waals surface area (Å²) in [5.41, 5.74) is 1.60. The van der Waals surface area contributed by atoms with Gasteiger partial charge in [0.1, 0.15) is 5.52 Å². The van der Waals surface area contributed by atoms with Crippen LogP contribution in [0.15, 0.2) is 24.3 Å². The fraction of sp³-hybridized carbons (Fsp3) is 0.731. The van der Waals surface area contributed by atoms with Crippen molar-refractivity contribution in [2.45, 2.75) is 122 Å². The smallest absolute Gasteiger partial charge is 0.248 e. The number of hydrogen-bond acceptors (Lipinski definition) is 3. The Labute approximate surface area is 183 Å². The maximum absolute atomic E-state index is 12.3. The van der Waals surface area contributed by atoms with Crippen LogP contribution >= 0.6 is 0 Å². The number of aromatic nitrogens is 3. The Balaban J connectivity index is 1.35. The highest BCUT2D eigenvalue weighted by Crippen LogP contribution is 2.15. The standard InChI is InChI=1S/C26H43N3O/c1-2-3-4-5-6-7-8-9-10-11-12-13-14-15-16-17-18-23-26(30)29-25-22-20-19-21-24(25)27-28-29/h19-22H,2-18,23H2,1H3. The van der Waals surface area contributed by atoms with E-state index in [2.05, 4.69) is 17.2 Å². The summed E-state index contributed by atoms with van der Waals surface area (Å²) in [5.74, 6) is 0.0599. The highest BCUT2D eigenvalue weighted by atomic mass is 16.2. The highest BCUT2D eigenvalue weighted by Gasteiger charge is 2.10. The van der Waals surface area contributed by atoms with Crippen molar-refractivity contribution in [2.24, 2.45) is 0 Å². The summed E-state index contributed by atoms with van der Waals surface area (Å²) in [6, 6.07) is 7.64. The first kappa shape index (κ1) is 24.6. The van der Waals surface area contributed by atoms with Crippen molar-refractivity contribution in [1.82, 2.24) is 15.0 Å². The number of rotatable bonds is 18. The number of carbonyl (C=O) groups excluding carboxylic acids is 1. The Morgan fingerprint density at radius 2 is 1.17 bits per heavy atom. The molecular weight excluding hydrogens is 370 g/mol. The highest BCUT2D eigenvalue weighted by molar-refractivity contribution is 5.88. The normalized spacial score (nSPS) is 11.4. The van der Waals surface area contributed by atoms with E-state index >= 15 is 0 Å². The third-order valence-corrected chi connectivity index (χ3v) is 6.08. The van der Waals surface area contributed by atoms with Crippen LogP contribution < -0.4 is 0 Å². The minimum Gasteiger partial charge on any atom is -0.273 e. The summed E-state index contributed by atoms with van der Waals surface area (Å²) in [6.45, 7) is 2.28. The lowest BCUT2D eigenvalue weighted by Gasteiger charge is -2.04. The first-order valence-corrected chi connectivity index (χ1v) is 12.7. The van der Waals surface area contributed by atoms with Gasteiger partial charge in [-0.1, -0.05) is 127 Å². The lowest BCUT2D eigenvalue weighted by atomic mass is 10.0. The van der Waals surface area contributed by atoms with Gasteiger partial charge in [0.2, 0.25) is 5.91 Å². The third kappa shape index (κ3) is 9.86. The van der Waals surface area contributed by atoms with Crippen LogP contribution in [0.2, 0.25) is 0 Å². The molecular formula is C26H43N3O. The van der Waals surface area contributed by atoms with Gasteiger partial charge in [-0.15, -0.1) is 5.10 Å². The van der Waals surface area contributed by atoms with Gasteiger partial charge < -0.3 is 0 Å². The van der Waals surface area contributed by atoms with E-state index < -0.39 is 0 Å². The minimum atomic E-state index is 0.0599.